The Labute approximate surface area is 83.6 Å². The lowest BCUT2D eigenvalue weighted by atomic mass is 10.1. The first-order chi connectivity index (χ1) is 6.86. The van der Waals surface area contributed by atoms with Gasteiger partial charge in [-0.1, -0.05) is 36.4 Å². The van der Waals surface area contributed by atoms with Crippen LogP contribution in [0.2, 0.25) is 0 Å². The van der Waals surface area contributed by atoms with Crippen LogP contribution in [0.4, 0.5) is 0 Å². The minimum atomic E-state index is 0.146. The first-order valence-electron chi connectivity index (χ1n) is 4.87. The van der Waals surface area contributed by atoms with Gasteiger partial charge in [0.2, 0.25) is 5.91 Å². The molecule has 0 saturated carbocycles. The molecule has 0 unspecified atom stereocenters. The monoisotopic (exact) mass is 187 g/mol. The molecule has 1 amide bonds. The fraction of sp³-hybridized carbons (Fsp3) is 0.250. The Morgan fingerprint density at radius 3 is 2.71 bits per heavy atom. The van der Waals surface area contributed by atoms with Crippen LogP contribution in [0.5, 0.6) is 0 Å². The summed E-state index contributed by atoms with van der Waals surface area (Å²) < 4.78 is 0. The van der Waals surface area contributed by atoms with Gasteiger partial charge in [0, 0.05) is 13.0 Å². The van der Waals surface area contributed by atoms with E-state index < -0.39 is 0 Å². The molecule has 2 heteroatoms. The minimum absolute atomic E-state index is 0.146. The van der Waals surface area contributed by atoms with Gasteiger partial charge >= 0.3 is 0 Å². The molecule has 0 aromatic heterocycles. The third-order valence-electron chi connectivity index (χ3n) is 2.38. The van der Waals surface area contributed by atoms with Gasteiger partial charge in [0.1, 0.15) is 0 Å². The molecule has 14 heavy (non-hydrogen) atoms. The van der Waals surface area contributed by atoms with Gasteiger partial charge in [0.05, 0.1) is 0 Å². The minimum Gasteiger partial charge on any atom is -0.352 e. The summed E-state index contributed by atoms with van der Waals surface area (Å²) in [6, 6.07) is 10.2. The third kappa shape index (κ3) is 2.02. The molecule has 1 aliphatic heterocycles. The van der Waals surface area contributed by atoms with Crippen molar-refractivity contribution in [2.24, 2.45) is 0 Å². The highest BCUT2D eigenvalue weighted by Crippen LogP contribution is 2.16. The Hall–Kier alpha value is -1.57. The molecule has 2 rings (SSSR count). The molecule has 1 aromatic carbocycles. The number of amides is 1. The molecule has 0 saturated heterocycles. The van der Waals surface area contributed by atoms with E-state index in [-0.39, 0.29) is 5.91 Å². The number of hydrogen-bond donors (Lipinski definition) is 1. The summed E-state index contributed by atoms with van der Waals surface area (Å²) in [6.45, 7) is 0.656. The Morgan fingerprint density at radius 2 is 1.93 bits per heavy atom. The van der Waals surface area contributed by atoms with E-state index in [0.29, 0.717) is 13.0 Å². The molecular formula is C12H13NO. The number of benzene rings is 1. The van der Waals surface area contributed by atoms with Crippen LogP contribution in [0.1, 0.15) is 18.4 Å². The van der Waals surface area contributed by atoms with E-state index in [1.807, 2.05) is 18.2 Å². The Bertz CT molecular complexity index is 354. The van der Waals surface area contributed by atoms with E-state index in [1.54, 1.807) is 0 Å². The molecule has 0 aliphatic carbocycles. The normalized spacial score (nSPS) is 16.9. The van der Waals surface area contributed by atoms with Gasteiger partial charge in [-0.25, -0.2) is 0 Å². The summed E-state index contributed by atoms with van der Waals surface area (Å²) in [5.74, 6) is 0.146. The Balaban J connectivity index is 2.19. The van der Waals surface area contributed by atoms with Crippen LogP contribution in [0.3, 0.4) is 0 Å². The van der Waals surface area contributed by atoms with E-state index in [4.69, 9.17) is 0 Å². The molecule has 1 aromatic rings. The predicted molar refractivity (Wildman–Crippen MR) is 56.7 cm³/mol. The molecule has 1 heterocycles. The van der Waals surface area contributed by atoms with Crippen molar-refractivity contribution in [3.63, 3.8) is 0 Å². The van der Waals surface area contributed by atoms with Crippen LogP contribution in [-0.2, 0) is 4.79 Å². The molecule has 0 atom stereocenters. The van der Waals surface area contributed by atoms with E-state index in [2.05, 4.69) is 23.5 Å². The second kappa shape index (κ2) is 4.09. The Morgan fingerprint density at radius 1 is 1.14 bits per heavy atom. The SMILES string of the molecule is O=C1CCC=C(c2ccccc2)CN1. The summed E-state index contributed by atoms with van der Waals surface area (Å²) >= 11 is 0. The number of allylic oxidation sites excluding steroid dienone is 1. The summed E-state index contributed by atoms with van der Waals surface area (Å²) in [4.78, 5) is 11.1. The summed E-state index contributed by atoms with van der Waals surface area (Å²) in [5, 5.41) is 2.89. The topological polar surface area (TPSA) is 29.1 Å². The highest BCUT2D eigenvalue weighted by Gasteiger charge is 2.08. The van der Waals surface area contributed by atoms with Crippen LogP contribution in [-0.4, -0.2) is 12.5 Å². The lowest BCUT2D eigenvalue weighted by Gasteiger charge is -2.05. The second-order valence-corrected chi connectivity index (χ2v) is 3.41. The maximum atomic E-state index is 11.1. The summed E-state index contributed by atoms with van der Waals surface area (Å²) in [6.07, 6.45) is 3.60. The van der Waals surface area contributed by atoms with Crippen molar-refractivity contribution in [3.05, 3.63) is 42.0 Å². The molecule has 1 aliphatic rings. The Kier molecular flexibility index (Phi) is 2.63. The second-order valence-electron chi connectivity index (χ2n) is 3.41. The molecule has 0 bridgehead atoms. The number of hydrogen-bond acceptors (Lipinski definition) is 1. The molecule has 0 fully saturated rings. The maximum absolute atomic E-state index is 11.1. The van der Waals surface area contributed by atoms with Crippen molar-refractivity contribution in [1.82, 2.24) is 5.32 Å². The standard InChI is InChI=1S/C12H13NO/c14-12-8-4-7-11(9-13-12)10-5-2-1-3-6-10/h1-3,5-7H,4,8-9H2,(H,13,14). The average molecular weight is 187 g/mol. The van der Waals surface area contributed by atoms with Gasteiger partial charge in [-0.15, -0.1) is 0 Å². The number of carbonyl (C=O) groups excluding carboxylic acids is 1. The van der Waals surface area contributed by atoms with Gasteiger partial charge in [0.25, 0.3) is 0 Å². The van der Waals surface area contributed by atoms with Crippen molar-refractivity contribution in [3.8, 4) is 0 Å². The fourth-order valence-corrected chi connectivity index (χ4v) is 1.60. The summed E-state index contributed by atoms with van der Waals surface area (Å²) in [5.41, 5.74) is 2.42. The molecule has 72 valence electrons. The van der Waals surface area contributed by atoms with E-state index >= 15 is 0 Å². The quantitative estimate of drug-likeness (QED) is 0.715. The van der Waals surface area contributed by atoms with Crippen LogP contribution in [0.25, 0.3) is 5.57 Å². The number of rotatable bonds is 1. The van der Waals surface area contributed by atoms with Gasteiger partial charge in [-0.05, 0) is 17.6 Å². The predicted octanol–water partition coefficient (Wildman–Crippen LogP) is 1.98. The first kappa shape index (κ1) is 9.00. The van der Waals surface area contributed by atoms with Crippen LogP contribution in [0, 0.1) is 0 Å². The zero-order valence-electron chi connectivity index (χ0n) is 7.99. The zero-order chi connectivity index (χ0) is 9.80. The molecular weight excluding hydrogens is 174 g/mol. The average Bonchev–Trinajstić information content (AvgIpc) is 2.44. The van der Waals surface area contributed by atoms with Crippen LogP contribution < -0.4 is 5.32 Å². The first-order valence-corrected chi connectivity index (χ1v) is 4.87. The van der Waals surface area contributed by atoms with Gasteiger partial charge in [-0.3, -0.25) is 4.79 Å². The highest BCUT2D eigenvalue weighted by molar-refractivity contribution is 5.81. The number of carbonyl (C=O) groups is 1. The molecule has 0 radical (unpaired) electrons. The molecule has 1 N–H and O–H groups in total. The van der Waals surface area contributed by atoms with Gasteiger partial charge < -0.3 is 5.32 Å². The van der Waals surface area contributed by atoms with Crippen molar-refractivity contribution < 1.29 is 4.79 Å². The van der Waals surface area contributed by atoms with Gasteiger partial charge in [-0.2, -0.15) is 0 Å². The smallest absolute Gasteiger partial charge is 0.220 e. The van der Waals surface area contributed by atoms with E-state index in [1.165, 1.54) is 11.1 Å². The number of nitrogens with one attached hydrogen (secondary N) is 1. The highest BCUT2D eigenvalue weighted by atomic mass is 16.1. The summed E-state index contributed by atoms with van der Waals surface area (Å²) in [7, 11) is 0. The lowest BCUT2D eigenvalue weighted by molar-refractivity contribution is -0.120. The van der Waals surface area contributed by atoms with E-state index in [0.717, 1.165) is 6.42 Å². The van der Waals surface area contributed by atoms with Crippen LogP contribution in [0.15, 0.2) is 36.4 Å². The van der Waals surface area contributed by atoms with Gasteiger partial charge in [0.15, 0.2) is 0 Å². The molecule has 2 nitrogen and oxygen atoms in total. The van der Waals surface area contributed by atoms with Crippen molar-refractivity contribution in [1.29, 1.82) is 0 Å². The van der Waals surface area contributed by atoms with Crippen LogP contribution >= 0.6 is 0 Å². The van der Waals surface area contributed by atoms with Crippen molar-refractivity contribution in [2.45, 2.75) is 12.8 Å². The van der Waals surface area contributed by atoms with E-state index in [9.17, 15) is 4.79 Å². The third-order valence-corrected chi connectivity index (χ3v) is 2.38. The van der Waals surface area contributed by atoms with Crippen molar-refractivity contribution in [2.75, 3.05) is 6.54 Å². The molecule has 0 spiro atoms. The zero-order valence-corrected chi connectivity index (χ0v) is 7.99. The fourth-order valence-electron chi connectivity index (χ4n) is 1.60. The van der Waals surface area contributed by atoms with Crippen molar-refractivity contribution >= 4 is 11.5 Å². The lowest BCUT2D eigenvalue weighted by Crippen LogP contribution is -2.22. The maximum Gasteiger partial charge on any atom is 0.220 e. The largest absolute Gasteiger partial charge is 0.352 e.